The lowest BCUT2D eigenvalue weighted by Crippen LogP contribution is -2.44. The Morgan fingerprint density at radius 1 is 1.12 bits per heavy atom. The Bertz CT molecular complexity index is 764. The van der Waals surface area contributed by atoms with Crippen molar-refractivity contribution in [1.82, 2.24) is 4.90 Å². The summed E-state index contributed by atoms with van der Waals surface area (Å²) in [5.41, 5.74) is 3.45. The first-order valence-corrected chi connectivity index (χ1v) is 9.68. The Morgan fingerprint density at radius 2 is 1.77 bits per heavy atom. The molecule has 1 aliphatic rings. The molecule has 2 atom stereocenters. The van der Waals surface area contributed by atoms with Gasteiger partial charge in [-0.25, -0.2) is 0 Å². The Morgan fingerprint density at radius 3 is 2.38 bits per heavy atom. The first-order valence-electron chi connectivity index (χ1n) is 9.30. The largest absolute Gasteiger partial charge is 0.380 e. The highest BCUT2D eigenvalue weighted by molar-refractivity contribution is 6.30. The molecule has 0 radical (unpaired) electrons. The minimum atomic E-state index is -0.935. The van der Waals surface area contributed by atoms with Crippen molar-refractivity contribution in [1.29, 1.82) is 0 Å². The SMILES string of the molecule is Cc1ccc(C2(O)/C(=C\c3ccc(Cl)cc3)CCCC2CN(C)C)cc1. The van der Waals surface area contributed by atoms with Gasteiger partial charge in [0.1, 0.15) is 5.60 Å². The molecule has 0 saturated heterocycles. The summed E-state index contributed by atoms with van der Waals surface area (Å²) in [5, 5.41) is 12.7. The Labute approximate surface area is 162 Å². The lowest BCUT2D eigenvalue weighted by atomic mass is 9.67. The van der Waals surface area contributed by atoms with Crippen LogP contribution in [0.4, 0.5) is 0 Å². The minimum Gasteiger partial charge on any atom is -0.380 e. The smallest absolute Gasteiger partial charge is 0.115 e. The van der Waals surface area contributed by atoms with Gasteiger partial charge in [-0.1, -0.05) is 59.6 Å². The quantitative estimate of drug-likeness (QED) is 0.792. The van der Waals surface area contributed by atoms with Crippen LogP contribution in [-0.2, 0) is 5.60 Å². The van der Waals surface area contributed by atoms with E-state index in [1.54, 1.807) is 0 Å². The van der Waals surface area contributed by atoms with E-state index >= 15 is 0 Å². The maximum atomic E-state index is 12.0. The fourth-order valence-electron chi connectivity index (χ4n) is 4.04. The van der Waals surface area contributed by atoms with E-state index in [1.807, 2.05) is 24.3 Å². The summed E-state index contributed by atoms with van der Waals surface area (Å²) >= 11 is 6.03. The summed E-state index contributed by atoms with van der Waals surface area (Å²) in [6.45, 7) is 2.94. The van der Waals surface area contributed by atoms with Crippen LogP contribution in [0, 0.1) is 12.8 Å². The van der Waals surface area contributed by atoms with Crippen molar-refractivity contribution >= 4 is 17.7 Å². The predicted molar refractivity (Wildman–Crippen MR) is 110 cm³/mol. The molecule has 0 heterocycles. The number of aliphatic hydroxyl groups is 1. The zero-order chi connectivity index (χ0) is 18.7. The molecule has 0 amide bonds. The van der Waals surface area contributed by atoms with Crippen molar-refractivity contribution in [3.05, 3.63) is 75.8 Å². The summed E-state index contributed by atoms with van der Waals surface area (Å²) in [6, 6.07) is 16.2. The van der Waals surface area contributed by atoms with Crippen LogP contribution < -0.4 is 0 Å². The van der Waals surface area contributed by atoms with E-state index < -0.39 is 5.60 Å². The molecule has 1 saturated carbocycles. The standard InChI is InChI=1S/C23H28ClNO/c1-17-7-11-19(12-8-17)23(26)20(5-4-6-21(23)16-25(2)3)15-18-9-13-22(24)14-10-18/h7-15,21,26H,4-6,16H2,1-3H3/b20-15-. The second-order valence-electron chi connectivity index (χ2n) is 7.70. The van der Waals surface area contributed by atoms with Crippen molar-refractivity contribution in [2.45, 2.75) is 31.8 Å². The topological polar surface area (TPSA) is 23.5 Å². The number of aryl methyl sites for hydroxylation is 1. The summed E-state index contributed by atoms with van der Waals surface area (Å²) in [4.78, 5) is 2.18. The molecule has 0 spiro atoms. The first-order chi connectivity index (χ1) is 12.4. The Hall–Kier alpha value is -1.61. The number of hydrogen-bond acceptors (Lipinski definition) is 2. The van der Waals surface area contributed by atoms with Crippen molar-refractivity contribution in [3.8, 4) is 0 Å². The molecule has 0 aromatic heterocycles. The molecule has 138 valence electrons. The number of benzene rings is 2. The normalized spacial score (nSPS) is 25.0. The van der Waals surface area contributed by atoms with Crippen LogP contribution in [-0.4, -0.2) is 30.6 Å². The van der Waals surface area contributed by atoms with Crippen LogP contribution in [0.2, 0.25) is 5.02 Å². The van der Waals surface area contributed by atoms with Gasteiger partial charge >= 0.3 is 0 Å². The number of nitrogens with zero attached hydrogens (tertiary/aromatic N) is 1. The molecular formula is C23H28ClNO. The van der Waals surface area contributed by atoms with Crippen molar-refractivity contribution in [2.24, 2.45) is 5.92 Å². The van der Waals surface area contributed by atoms with Gasteiger partial charge in [0.2, 0.25) is 0 Å². The lowest BCUT2D eigenvalue weighted by molar-refractivity contribution is -0.0174. The van der Waals surface area contributed by atoms with Crippen molar-refractivity contribution < 1.29 is 5.11 Å². The second kappa shape index (κ2) is 7.96. The molecule has 2 aromatic carbocycles. The van der Waals surface area contributed by atoms with Gasteiger partial charge in [-0.15, -0.1) is 0 Å². The van der Waals surface area contributed by atoms with E-state index in [0.29, 0.717) is 0 Å². The molecule has 26 heavy (non-hydrogen) atoms. The molecule has 1 N–H and O–H groups in total. The predicted octanol–water partition coefficient (Wildman–Crippen LogP) is 5.28. The third kappa shape index (κ3) is 4.03. The van der Waals surface area contributed by atoms with Crippen LogP contribution in [0.3, 0.4) is 0 Å². The third-order valence-corrected chi connectivity index (χ3v) is 5.62. The van der Waals surface area contributed by atoms with Crippen LogP contribution in [0.25, 0.3) is 6.08 Å². The van der Waals surface area contributed by atoms with Crippen molar-refractivity contribution in [3.63, 3.8) is 0 Å². The van der Waals surface area contributed by atoms with E-state index in [0.717, 1.165) is 47.5 Å². The molecule has 2 unspecified atom stereocenters. The number of hydrogen-bond donors (Lipinski definition) is 1. The highest BCUT2D eigenvalue weighted by atomic mass is 35.5. The summed E-state index contributed by atoms with van der Waals surface area (Å²) in [7, 11) is 4.15. The monoisotopic (exact) mass is 369 g/mol. The van der Waals surface area contributed by atoms with E-state index in [1.165, 1.54) is 5.56 Å². The second-order valence-corrected chi connectivity index (χ2v) is 8.14. The van der Waals surface area contributed by atoms with Crippen LogP contribution in [0.5, 0.6) is 0 Å². The van der Waals surface area contributed by atoms with E-state index in [2.05, 4.69) is 56.3 Å². The van der Waals surface area contributed by atoms with Crippen LogP contribution >= 0.6 is 11.6 Å². The molecule has 2 nitrogen and oxygen atoms in total. The Kier molecular flexibility index (Phi) is 5.86. The van der Waals surface area contributed by atoms with Gasteiger partial charge < -0.3 is 10.0 Å². The summed E-state index contributed by atoms with van der Waals surface area (Å²) in [5.74, 6) is 0.174. The minimum absolute atomic E-state index is 0.174. The molecule has 0 aliphatic heterocycles. The zero-order valence-electron chi connectivity index (χ0n) is 15.9. The van der Waals surface area contributed by atoms with E-state index in [4.69, 9.17) is 11.6 Å². The van der Waals surface area contributed by atoms with Crippen molar-refractivity contribution in [2.75, 3.05) is 20.6 Å². The average Bonchev–Trinajstić information content (AvgIpc) is 2.60. The zero-order valence-corrected chi connectivity index (χ0v) is 16.6. The van der Waals surface area contributed by atoms with E-state index in [9.17, 15) is 5.11 Å². The number of rotatable bonds is 4. The summed E-state index contributed by atoms with van der Waals surface area (Å²) < 4.78 is 0. The van der Waals surface area contributed by atoms with Crippen LogP contribution in [0.1, 0.15) is 36.0 Å². The van der Waals surface area contributed by atoms with Crippen LogP contribution in [0.15, 0.2) is 54.1 Å². The van der Waals surface area contributed by atoms with Gasteiger partial charge in [-0.3, -0.25) is 0 Å². The molecule has 1 aliphatic carbocycles. The summed E-state index contributed by atoms with van der Waals surface area (Å²) in [6.07, 6.45) is 5.20. The molecular weight excluding hydrogens is 342 g/mol. The first kappa shape index (κ1) is 19.2. The Balaban J connectivity index is 2.07. The molecule has 3 rings (SSSR count). The van der Waals surface area contributed by atoms with Gasteiger partial charge in [0.05, 0.1) is 0 Å². The van der Waals surface area contributed by atoms with E-state index in [-0.39, 0.29) is 5.92 Å². The average molecular weight is 370 g/mol. The molecule has 3 heteroatoms. The fourth-order valence-corrected chi connectivity index (χ4v) is 4.16. The lowest BCUT2D eigenvalue weighted by Gasteiger charge is -2.44. The fraction of sp³-hybridized carbons (Fsp3) is 0.391. The highest BCUT2D eigenvalue weighted by Crippen LogP contribution is 2.46. The van der Waals surface area contributed by atoms with Gasteiger partial charge in [0, 0.05) is 17.5 Å². The maximum Gasteiger partial charge on any atom is 0.115 e. The third-order valence-electron chi connectivity index (χ3n) is 5.37. The van der Waals surface area contributed by atoms with Gasteiger partial charge in [0.25, 0.3) is 0 Å². The molecule has 2 aromatic rings. The van der Waals surface area contributed by atoms with Gasteiger partial charge in [-0.2, -0.15) is 0 Å². The molecule has 1 fully saturated rings. The number of halogens is 1. The maximum absolute atomic E-state index is 12.0. The highest BCUT2D eigenvalue weighted by Gasteiger charge is 2.44. The van der Waals surface area contributed by atoms with Gasteiger partial charge in [-0.05, 0) is 69.1 Å². The molecule has 0 bridgehead atoms. The van der Waals surface area contributed by atoms with Gasteiger partial charge in [0.15, 0.2) is 0 Å².